The van der Waals surface area contributed by atoms with Gasteiger partial charge in [0.25, 0.3) is 0 Å². The first kappa shape index (κ1) is 29.3. The third-order valence-corrected chi connectivity index (χ3v) is 0. The zero-order chi connectivity index (χ0) is 4.50. The van der Waals surface area contributed by atoms with Crippen molar-refractivity contribution >= 4 is 13.4 Å². The molecule has 0 spiro atoms. The van der Waals surface area contributed by atoms with E-state index in [0.717, 1.165) is 0 Å². The van der Waals surface area contributed by atoms with Gasteiger partial charge in [-0.3, -0.25) is 0 Å². The van der Waals surface area contributed by atoms with Crippen molar-refractivity contribution in [3.63, 3.8) is 0 Å². The number of hydrogen-bond donors (Lipinski definition) is 2. The molecule has 2 N–H and O–H groups in total. The fourth-order valence-electron chi connectivity index (χ4n) is 0. The van der Waals surface area contributed by atoms with E-state index in [1.165, 1.54) is 0 Å². The second-order valence-electron chi connectivity index (χ2n) is 0.448. The fraction of sp³-hybridized carbons (Fsp3) is 0. The minimum absolute atomic E-state index is 0. The maximum atomic E-state index is 8.82. The molecule has 0 aliphatic heterocycles. The second kappa shape index (κ2) is 14.2. The molecule has 0 radical (unpaired) electrons. The predicted molar refractivity (Wildman–Crippen MR) is 16.0 cm³/mol. The maximum absolute atomic E-state index is 8.82. The summed E-state index contributed by atoms with van der Waals surface area (Å²) in [4.78, 5) is 0. The topological polar surface area (TPSA) is 74.6 Å². The van der Waals surface area contributed by atoms with Crippen molar-refractivity contribution in [3.8, 4) is 0 Å². The zero-order valence-corrected chi connectivity index (χ0v) is 13.8. The molecule has 0 aliphatic rings. The summed E-state index contributed by atoms with van der Waals surface area (Å²) < 4.78 is 31.9. The molecule has 9 heteroatoms. The van der Waals surface area contributed by atoms with Gasteiger partial charge in [0.15, 0.2) is 0 Å². The summed E-state index contributed by atoms with van der Waals surface area (Å²) in [6, 6.07) is 0. The van der Waals surface area contributed by atoms with Crippen LogP contribution in [0.5, 0.6) is 0 Å². The second-order valence-corrected chi connectivity index (χ2v) is 2.33. The van der Waals surface area contributed by atoms with Crippen LogP contribution in [0, 0.1) is 0 Å². The molecule has 0 aromatic heterocycles. The van der Waals surface area contributed by atoms with Gasteiger partial charge in [0, 0.05) is 0 Å². The summed E-state index contributed by atoms with van der Waals surface area (Å²) in [7, 11) is 0. The van der Waals surface area contributed by atoms with Crippen LogP contribution < -0.4 is 108 Å². The Morgan fingerprint density at radius 3 is 1.00 bits per heavy atom. The van der Waals surface area contributed by atoms with Crippen LogP contribution in [0.25, 0.3) is 0 Å². The van der Waals surface area contributed by atoms with Gasteiger partial charge in [-0.25, -0.2) is 0 Å². The number of rotatable bonds is 0. The van der Waals surface area contributed by atoms with Crippen molar-refractivity contribution in [2.45, 2.75) is 0 Å². The first-order chi connectivity index (χ1) is 2.00. The molecule has 0 rings (SSSR count). The molecular weight excluding hydrogens is 219 g/mol. The Balaban J connectivity index is -0.00000000286. The Labute approximate surface area is 140 Å². The van der Waals surface area contributed by atoms with Gasteiger partial charge in [-0.1, -0.05) is 0 Å². The van der Waals surface area contributed by atoms with Crippen LogP contribution in [0.4, 0.5) is 0 Å². The van der Waals surface area contributed by atoms with Crippen LogP contribution in [0.15, 0.2) is 0 Å². The summed E-state index contributed by atoms with van der Waals surface area (Å²) >= 11 is -5.25. The molecule has 0 heterocycles. The van der Waals surface area contributed by atoms with Gasteiger partial charge >= 0.3 is 137 Å². The van der Waals surface area contributed by atoms with Gasteiger partial charge in [0.2, 0.25) is 0 Å². The van der Waals surface area contributed by atoms with Crippen LogP contribution in [0.2, 0.25) is 0 Å². The first-order valence-corrected chi connectivity index (χ1v) is 3.63. The van der Waals surface area contributed by atoms with Gasteiger partial charge in [0.05, 0.1) is 0 Å². The van der Waals surface area contributed by atoms with E-state index >= 15 is 0 Å². The van der Waals surface area contributed by atoms with Gasteiger partial charge in [-0.05, 0) is 0 Å². The first-order valence-electron chi connectivity index (χ1n) is 0.698. The van der Waals surface area contributed by atoms with E-state index in [-0.39, 0.29) is 113 Å². The Morgan fingerprint density at radius 2 is 1.00 bits per heavy atom. The molecule has 0 aromatic rings. The number of hydrogen-bond acceptors (Lipinski definition) is 2. The molecule has 40 valence electrons. The minimum atomic E-state index is -5.25. The normalized spacial score (nSPS) is 6.44. The molecule has 0 aliphatic carbocycles. The summed E-state index contributed by atoms with van der Waals surface area (Å²) in [5, 5.41) is 0. The van der Waals surface area contributed by atoms with Gasteiger partial charge in [-0.15, -0.1) is 0 Å². The van der Waals surface area contributed by atoms with Crippen molar-refractivity contribution in [1.82, 2.24) is 0 Å². The predicted octanol–water partition coefficient (Wildman–Crippen LogP) is -13.3. The molecular formula is H6LiNa3O4Se. The van der Waals surface area contributed by atoms with E-state index in [0.29, 0.717) is 0 Å². The molecule has 0 bridgehead atoms. The van der Waals surface area contributed by atoms with E-state index < -0.39 is 13.4 Å². The molecule has 0 atom stereocenters. The molecule has 0 saturated carbocycles. The SMILES string of the molecule is O=[Se](=O)(O)O.[H-].[H-].[H-].[H-].[Li+].[Na+].[Na+].[Na+]. The largest absolute Gasteiger partial charge is 1.00 e. The monoisotopic (exact) mass is 226 g/mol. The molecule has 0 amide bonds. The van der Waals surface area contributed by atoms with Crippen LogP contribution in [-0.2, 0) is 7.67 Å². The molecule has 0 fully saturated rings. The average molecular weight is 225 g/mol. The van der Waals surface area contributed by atoms with Crippen molar-refractivity contribution in [1.29, 1.82) is 0 Å². The van der Waals surface area contributed by atoms with Crippen molar-refractivity contribution in [2.75, 3.05) is 0 Å². The van der Waals surface area contributed by atoms with Gasteiger partial charge < -0.3 is 5.71 Å². The maximum Gasteiger partial charge on any atom is 1.00 e. The third kappa shape index (κ3) is 81.7. The fourth-order valence-corrected chi connectivity index (χ4v) is 0. The van der Waals surface area contributed by atoms with E-state index in [1.807, 2.05) is 0 Å². The standard InChI is InChI=1S/Li.3Na.H2O4Se.4H/c;;;;1-5(2,3)4;;;;/h;;;;(H2,1,2,3,4);;;;/q4*+1;;4*-1. The Kier molecular flexibility index (Phi) is 46.2. The van der Waals surface area contributed by atoms with Crippen molar-refractivity contribution in [2.24, 2.45) is 0 Å². The van der Waals surface area contributed by atoms with Crippen LogP contribution in [0.3, 0.4) is 0 Å². The van der Waals surface area contributed by atoms with Crippen molar-refractivity contribution < 1.29 is 129 Å². The van der Waals surface area contributed by atoms with Crippen molar-refractivity contribution in [3.05, 3.63) is 0 Å². The summed E-state index contributed by atoms with van der Waals surface area (Å²) in [6.07, 6.45) is 0. The zero-order valence-electron chi connectivity index (χ0n) is 10.1. The van der Waals surface area contributed by atoms with Gasteiger partial charge in [0.1, 0.15) is 0 Å². The van der Waals surface area contributed by atoms with Crippen LogP contribution >= 0.6 is 0 Å². The van der Waals surface area contributed by atoms with Gasteiger partial charge in [-0.2, -0.15) is 0 Å². The summed E-state index contributed by atoms with van der Waals surface area (Å²) in [5.74, 6) is 0. The Morgan fingerprint density at radius 1 is 1.00 bits per heavy atom. The summed E-state index contributed by atoms with van der Waals surface area (Å²) in [5.41, 5.74) is 0. The summed E-state index contributed by atoms with van der Waals surface area (Å²) in [6.45, 7) is 0. The molecule has 4 nitrogen and oxygen atoms in total. The van der Waals surface area contributed by atoms with E-state index in [9.17, 15) is 0 Å². The average Bonchev–Trinajstić information content (AvgIpc) is 0.722. The van der Waals surface area contributed by atoms with Crippen LogP contribution in [-0.4, -0.2) is 21.7 Å². The van der Waals surface area contributed by atoms with E-state index in [4.69, 9.17) is 16.0 Å². The quantitative estimate of drug-likeness (QED) is 0.401. The minimum Gasteiger partial charge on any atom is -1.00 e. The molecule has 0 aromatic carbocycles. The molecule has 9 heavy (non-hydrogen) atoms. The van der Waals surface area contributed by atoms with E-state index in [1.54, 1.807) is 0 Å². The third-order valence-electron chi connectivity index (χ3n) is 0. The Bertz CT molecular complexity index is 111. The molecule has 0 unspecified atom stereocenters. The van der Waals surface area contributed by atoms with E-state index in [2.05, 4.69) is 0 Å². The van der Waals surface area contributed by atoms with Crippen LogP contribution in [0.1, 0.15) is 5.71 Å². The smallest absolute Gasteiger partial charge is 1.00 e. The Hall–Kier alpha value is 3.64. The molecule has 0 saturated heterocycles.